The van der Waals surface area contributed by atoms with Crippen LogP contribution in [-0.4, -0.2) is 67.0 Å². The van der Waals surface area contributed by atoms with Crippen LogP contribution < -0.4 is 10.1 Å². The van der Waals surface area contributed by atoms with Crippen LogP contribution in [0.15, 0.2) is 24.3 Å². The standard InChI is InChI=1S/C18H22FN3O3/c1-3-8-20-18(24)14(2)21-9-11-22(12-10-21)17(23)13-25-16-6-4-15(19)5-7-16/h1,4-7,14H,8-13H2,2H3,(H,20,24). The number of carbonyl (C=O) groups is 2. The first-order chi connectivity index (χ1) is 12.0. The van der Waals surface area contributed by atoms with Crippen molar-refractivity contribution in [3.8, 4) is 18.1 Å². The van der Waals surface area contributed by atoms with Gasteiger partial charge in [-0.3, -0.25) is 14.5 Å². The molecule has 1 aliphatic rings. The Labute approximate surface area is 146 Å². The zero-order chi connectivity index (χ0) is 18.2. The number of hydrogen-bond donors (Lipinski definition) is 1. The van der Waals surface area contributed by atoms with Crippen molar-refractivity contribution in [2.45, 2.75) is 13.0 Å². The van der Waals surface area contributed by atoms with Crippen LogP contribution in [0, 0.1) is 18.2 Å². The van der Waals surface area contributed by atoms with E-state index in [2.05, 4.69) is 11.2 Å². The van der Waals surface area contributed by atoms with Gasteiger partial charge in [-0.05, 0) is 31.2 Å². The molecule has 0 aromatic heterocycles. The molecule has 1 aromatic rings. The summed E-state index contributed by atoms with van der Waals surface area (Å²) in [4.78, 5) is 27.8. The molecule has 1 saturated heterocycles. The molecule has 0 spiro atoms. The summed E-state index contributed by atoms with van der Waals surface area (Å²) < 4.78 is 18.2. The maximum absolute atomic E-state index is 12.8. The third-order valence-electron chi connectivity index (χ3n) is 4.13. The Morgan fingerprint density at radius 2 is 1.92 bits per heavy atom. The van der Waals surface area contributed by atoms with Crippen molar-refractivity contribution in [3.05, 3.63) is 30.1 Å². The quantitative estimate of drug-likeness (QED) is 0.761. The first kappa shape index (κ1) is 18.7. The Hall–Kier alpha value is -2.59. The Morgan fingerprint density at radius 1 is 1.28 bits per heavy atom. The second kappa shape index (κ2) is 9.04. The van der Waals surface area contributed by atoms with Crippen LogP contribution in [0.4, 0.5) is 4.39 Å². The lowest BCUT2D eigenvalue weighted by molar-refractivity contribution is -0.136. The molecule has 1 unspecified atom stereocenters. The van der Waals surface area contributed by atoms with E-state index in [1.165, 1.54) is 24.3 Å². The van der Waals surface area contributed by atoms with Crippen LogP contribution >= 0.6 is 0 Å². The van der Waals surface area contributed by atoms with Crippen LogP contribution in [0.2, 0.25) is 0 Å². The largest absolute Gasteiger partial charge is 0.484 e. The highest BCUT2D eigenvalue weighted by Gasteiger charge is 2.27. The number of carbonyl (C=O) groups excluding carboxylic acids is 2. The molecule has 2 rings (SSSR count). The first-order valence-corrected chi connectivity index (χ1v) is 8.12. The zero-order valence-corrected chi connectivity index (χ0v) is 14.2. The molecule has 7 heteroatoms. The first-order valence-electron chi connectivity index (χ1n) is 8.12. The Balaban J connectivity index is 1.75. The molecule has 1 aliphatic heterocycles. The van der Waals surface area contributed by atoms with E-state index in [9.17, 15) is 14.0 Å². The fourth-order valence-corrected chi connectivity index (χ4v) is 2.58. The molecule has 6 nitrogen and oxygen atoms in total. The number of rotatable bonds is 6. The molecule has 0 bridgehead atoms. The summed E-state index contributed by atoms with van der Waals surface area (Å²) in [5.74, 6) is 2.23. The molecule has 1 N–H and O–H groups in total. The Morgan fingerprint density at radius 3 is 2.52 bits per heavy atom. The third-order valence-corrected chi connectivity index (χ3v) is 4.13. The fourth-order valence-electron chi connectivity index (χ4n) is 2.58. The van der Waals surface area contributed by atoms with Crippen LogP contribution in [0.5, 0.6) is 5.75 Å². The lowest BCUT2D eigenvalue weighted by atomic mass is 10.2. The van der Waals surface area contributed by atoms with Gasteiger partial charge in [-0.15, -0.1) is 6.42 Å². The van der Waals surface area contributed by atoms with Gasteiger partial charge in [0.15, 0.2) is 6.61 Å². The van der Waals surface area contributed by atoms with E-state index in [0.29, 0.717) is 31.9 Å². The van der Waals surface area contributed by atoms with Crippen LogP contribution in [0.1, 0.15) is 6.92 Å². The topological polar surface area (TPSA) is 61.9 Å². The number of amides is 2. The van der Waals surface area contributed by atoms with Gasteiger partial charge in [0.2, 0.25) is 5.91 Å². The minimum atomic E-state index is -0.352. The molecule has 0 aliphatic carbocycles. The average molecular weight is 347 g/mol. The number of benzene rings is 1. The van der Waals surface area contributed by atoms with E-state index in [1.807, 2.05) is 11.8 Å². The van der Waals surface area contributed by atoms with Gasteiger partial charge >= 0.3 is 0 Å². The summed E-state index contributed by atoms with van der Waals surface area (Å²) >= 11 is 0. The summed E-state index contributed by atoms with van der Waals surface area (Å²) in [5.41, 5.74) is 0. The highest BCUT2D eigenvalue weighted by Crippen LogP contribution is 2.12. The van der Waals surface area contributed by atoms with Gasteiger partial charge in [-0.25, -0.2) is 4.39 Å². The van der Waals surface area contributed by atoms with E-state index in [0.717, 1.165) is 0 Å². The minimum Gasteiger partial charge on any atom is -0.484 e. The zero-order valence-electron chi connectivity index (χ0n) is 14.2. The van der Waals surface area contributed by atoms with E-state index in [-0.39, 0.29) is 36.8 Å². The van der Waals surface area contributed by atoms with Gasteiger partial charge in [-0.2, -0.15) is 0 Å². The molecule has 134 valence electrons. The normalized spacial score (nSPS) is 16.0. The number of nitrogens with zero attached hydrogens (tertiary/aromatic N) is 2. The second-order valence-electron chi connectivity index (χ2n) is 5.76. The van der Waals surface area contributed by atoms with Crippen LogP contribution in [0.3, 0.4) is 0 Å². The molecule has 1 atom stereocenters. The third kappa shape index (κ3) is 5.47. The molecule has 1 heterocycles. The molecule has 1 aromatic carbocycles. The van der Waals surface area contributed by atoms with Crippen molar-refractivity contribution in [3.63, 3.8) is 0 Å². The van der Waals surface area contributed by atoms with Crippen molar-refractivity contribution in [1.29, 1.82) is 0 Å². The molecular formula is C18H22FN3O3. The van der Waals surface area contributed by atoms with Crippen molar-refractivity contribution < 1.29 is 18.7 Å². The van der Waals surface area contributed by atoms with E-state index < -0.39 is 0 Å². The van der Waals surface area contributed by atoms with E-state index >= 15 is 0 Å². The maximum atomic E-state index is 12.8. The Kier molecular flexibility index (Phi) is 6.78. The minimum absolute atomic E-state index is 0.0934. The Bertz CT molecular complexity index is 634. The number of halogens is 1. The molecule has 25 heavy (non-hydrogen) atoms. The van der Waals surface area contributed by atoms with Crippen molar-refractivity contribution >= 4 is 11.8 Å². The van der Waals surface area contributed by atoms with Crippen molar-refractivity contribution in [2.75, 3.05) is 39.3 Å². The SMILES string of the molecule is C#CCNC(=O)C(C)N1CCN(C(=O)COc2ccc(F)cc2)CC1. The van der Waals surface area contributed by atoms with Crippen molar-refractivity contribution in [2.24, 2.45) is 0 Å². The van der Waals surface area contributed by atoms with Gasteiger partial charge < -0.3 is 15.0 Å². The summed E-state index contributed by atoms with van der Waals surface area (Å²) in [6, 6.07) is 5.24. The van der Waals surface area contributed by atoms with Crippen molar-refractivity contribution in [1.82, 2.24) is 15.1 Å². The monoisotopic (exact) mass is 347 g/mol. The molecule has 1 fully saturated rings. The fraction of sp³-hybridized carbons (Fsp3) is 0.444. The van der Waals surface area contributed by atoms with Crippen LogP contribution in [0.25, 0.3) is 0 Å². The lowest BCUT2D eigenvalue weighted by Crippen LogP contribution is -2.55. The summed E-state index contributed by atoms with van der Waals surface area (Å²) in [7, 11) is 0. The average Bonchev–Trinajstić information content (AvgIpc) is 2.65. The molecule has 2 amide bonds. The van der Waals surface area contributed by atoms with Gasteiger partial charge in [0, 0.05) is 26.2 Å². The van der Waals surface area contributed by atoms with Gasteiger partial charge in [0.05, 0.1) is 12.6 Å². The number of hydrogen-bond acceptors (Lipinski definition) is 4. The number of ether oxygens (including phenoxy) is 1. The summed E-state index contributed by atoms with van der Waals surface area (Å²) in [5, 5.41) is 2.66. The van der Waals surface area contributed by atoms with Gasteiger partial charge in [0.25, 0.3) is 5.91 Å². The number of piperazine rings is 1. The lowest BCUT2D eigenvalue weighted by Gasteiger charge is -2.37. The second-order valence-corrected chi connectivity index (χ2v) is 5.76. The summed E-state index contributed by atoms with van der Waals surface area (Å²) in [6.45, 7) is 4.20. The van der Waals surface area contributed by atoms with Gasteiger partial charge in [-0.1, -0.05) is 5.92 Å². The highest BCUT2D eigenvalue weighted by atomic mass is 19.1. The predicted molar refractivity (Wildman–Crippen MR) is 91.4 cm³/mol. The van der Waals surface area contributed by atoms with Crippen LogP contribution in [-0.2, 0) is 9.59 Å². The van der Waals surface area contributed by atoms with E-state index in [1.54, 1.807) is 4.90 Å². The predicted octanol–water partition coefficient (Wildman–Crippen LogP) is 0.487. The maximum Gasteiger partial charge on any atom is 0.260 e. The molecule has 0 saturated carbocycles. The molecule has 0 radical (unpaired) electrons. The summed E-state index contributed by atoms with van der Waals surface area (Å²) in [6.07, 6.45) is 5.13. The van der Waals surface area contributed by atoms with Gasteiger partial charge in [0.1, 0.15) is 11.6 Å². The molecular weight excluding hydrogens is 325 g/mol. The highest BCUT2D eigenvalue weighted by molar-refractivity contribution is 5.81. The van der Waals surface area contributed by atoms with E-state index in [4.69, 9.17) is 11.2 Å². The number of nitrogens with one attached hydrogen (secondary N) is 1. The number of terminal acetylenes is 1. The smallest absolute Gasteiger partial charge is 0.260 e.